The van der Waals surface area contributed by atoms with Crippen molar-refractivity contribution in [1.82, 2.24) is 20.1 Å². The Morgan fingerprint density at radius 1 is 1.15 bits per heavy atom. The van der Waals surface area contributed by atoms with Crippen LogP contribution in [0.15, 0.2) is 42.6 Å². The largest absolute Gasteiger partial charge is 0.586 e. The maximum atomic E-state index is 14.8. The number of nitrogens with two attached hydrogens (primary N) is 1. The summed E-state index contributed by atoms with van der Waals surface area (Å²) in [6, 6.07) is 7.14. The number of aliphatic hydroxyl groups is 1. The van der Waals surface area contributed by atoms with E-state index < -0.39 is 53.3 Å². The van der Waals surface area contributed by atoms with E-state index in [0.29, 0.717) is 10.9 Å². The van der Waals surface area contributed by atoms with Crippen LogP contribution in [-0.2, 0) is 15.8 Å². The van der Waals surface area contributed by atoms with Crippen molar-refractivity contribution in [3.63, 3.8) is 0 Å². The van der Waals surface area contributed by atoms with Gasteiger partial charge in [0.25, 0.3) is 5.91 Å². The van der Waals surface area contributed by atoms with Gasteiger partial charge in [-0.1, -0.05) is 0 Å². The van der Waals surface area contributed by atoms with Crippen LogP contribution in [-0.4, -0.2) is 64.4 Å². The summed E-state index contributed by atoms with van der Waals surface area (Å²) < 4.78 is 93.6. The van der Waals surface area contributed by atoms with E-state index >= 15 is 0 Å². The summed E-state index contributed by atoms with van der Waals surface area (Å²) in [6.07, 6.45) is -5.84. The predicted octanol–water partition coefficient (Wildman–Crippen LogP) is 4.08. The molecule has 2 atom stereocenters. The average molecular weight is 676 g/mol. The number of methoxy groups -OCH3 is 1. The number of amides is 2. The molecule has 252 valence electrons. The Morgan fingerprint density at radius 3 is 2.54 bits per heavy atom. The first-order valence-corrected chi connectivity index (χ1v) is 14.6. The first-order chi connectivity index (χ1) is 22.5. The van der Waals surface area contributed by atoms with Crippen molar-refractivity contribution < 1.29 is 55.6 Å². The van der Waals surface area contributed by atoms with Gasteiger partial charge in [-0.3, -0.25) is 14.3 Å². The van der Waals surface area contributed by atoms with Crippen LogP contribution in [0.2, 0.25) is 0 Å². The van der Waals surface area contributed by atoms with Gasteiger partial charge in [-0.25, -0.2) is 4.98 Å². The lowest BCUT2D eigenvalue weighted by atomic mass is 9.81. The molecule has 0 radical (unpaired) electrons. The van der Waals surface area contributed by atoms with Crippen molar-refractivity contribution in [2.24, 2.45) is 5.73 Å². The second-order valence-electron chi connectivity index (χ2n) is 12.0. The van der Waals surface area contributed by atoms with Crippen LogP contribution in [0.25, 0.3) is 22.2 Å². The number of fused-ring (bicyclic) bond motifs is 3. The number of primary amides is 1. The summed E-state index contributed by atoms with van der Waals surface area (Å²) in [6.45, 7) is -0.469. The van der Waals surface area contributed by atoms with Crippen molar-refractivity contribution in [2.75, 3.05) is 20.3 Å². The molecule has 7 rings (SSSR count). The highest BCUT2D eigenvalue weighted by atomic mass is 19.4. The van der Waals surface area contributed by atoms with E-state index in [-0.39, 0.29) is 52.3 Å². The van der Waals surface area contributed by atoms with Crippen molar-refractivity contribution in [2.45, 2.75) is 49.3 Å². The normalized spacial score (nSPS) is 20.6. The number of rotatable bonds is 8. The number of alkyl halides is 5. The lowest BCUT2D eigenvalue weighted by molar-refractivity contribution is -0.286. The monoisotopic (exact) mass is 675 g/mol. The summed E-state index contributed by atoms with van der Waals surface area (Å²) >= 11 is 0. The van der Waals surface area contributed by atoms with E-state index in [2.05, 4.69) is 24.9 Å². The van der Waals surface area contributed by atoms with Crippen LogP contribution in [0, 0.1) is 0 Å². The number of carbonyl (C=O) groups excluding carboxylic acids is 2. The van der Waals surface area contributed by atoms with Crippen LogP contribution in [0.3, 0.4) is 0 Å². The van der Waals surface area contributed by atoms with E-state index in [1.165, 1.54) is 32.2 Å². The molecule has 48 heavy (non-hydrogen) atoms. The maximum absolute atomic E-state index is 14.8. The van der Waals surface area contributed by atoms with Crippen LogP contribution in [0.4, 0.5) is 22.0 Å². The molecule has 0 spiro atoms. The number of nitrogens with one attached hydrogen (secondary N) is 1. The Balaban J connectivity index is 1.28. The third-order valence-electron chi connectivity index (χ3n) is 8.68. The van der Waals surface area contributed by atoms with Crippen molar-refractivity contribution in [3.8, 4) is 34.3 Å². The Bertz CT molecular complexity index is 2010. The number of ether oxygens (including phenoxy) is 4. The zero-order valence-electron chi connectivity index (χ0n) is 25.2. The van der Waals surface area contributed by atoms with Gasteiger partial charge in [-0.15, -0.1) is 8.78 Å². The summed E-state index contributed by atoms with van der Waals surface area (Å²) in [7, 11) is 1.36. The van der Waals surface area contributed by atoms with Gasteiger partial charge < -0.3 is 35.1 Å². The standard InChI is InChI=1S/C31H26F5N5O7/c1-28(27(37)43)13-46-25-18(28)10-22(39-24(25)14-3-6-19-20(8-14)48-31(35,36)47-19)29(44,30(32,33)34)12-38-26(42)15-7-16-11-41(17-4-5-17)40-23(16)21(9-15)45-2/h3,6-11,17,44H,4-5,12-13H2,1-2H3,(H2,37,43)(H,38,42)/t28-,29?/m0/s1. The first-order valence-electron chi connectivity index (χ1n) is 14.6. The Labute approximate surface area is 267 Å². The quantitative estimate of drug-likeness (QED) is 0.234. The highest BCUT2D eigenvalue weighted by Crippen LogP contribution is 2.50. The smallest absolute Gasteiger partial charge is 0.494 e. The van der Waals surface area contributed by atoms with Crippen LogP contribution < -0.4 is 30.0 Å². The third kappa shape index (κ3) is 4.99. The Kier molecular flexibility index (Phi) is 6.81. The predicted molar refractivity (Wildman–Crippen MR) is 155 cm³/mol. The minimum absolute atomic E-state index is 0.0614. The van der Waals surface area contributed by atoms with Gasteiger partial charge in [-0.05, 0) is 56.2 Å². The zero-order chi connectivity index (χ0) is 34.4. The van der Waals surface area contributed by atoms with Crippen LogP contribution >= 0.6 is 0 Å². The van der Waals surface area contributed by atoms with Gasteiger partial charge in [0, 0.05) is 28.3 Å². The average Bonchev–Trinajstić information content (AvgIpc) is 3.57. The van der Waals surface area contributed by atoms with Gasteiger partial charge in [0.1, 0.15) is 34.7 Å². The maximum Gasteiger partial charge on any atom is 0.586 e. The van der Waals surface area contributed by atoms with E-state index in [1.54, 1.807) is 10.9 Å². The summed E-state index contributed by atoms with van der Waals surface area (Å²) in [4.78, 5) is 29.9. The molecule has 1 saturated carbocycles. The fraction of sp³-hybridized carbons (Fsp3) is 0.355. The molecular weight excluding hydrogens is 649 g/mol. The van der Waals surface area contributed by atoms with E-state index in [0.717, 1.165) is 31.0 Å². The molecule has 4 aromatic rings. The first kappa shape index (κ1) is 31.4. The van der Waals surface area contributed by atoms with Gasteiger partial charge >= 0.3 is 12.5 Å². The zero-order valence-corrected chi connectivity index (χ0v) is 25.2. The fourth-order valence-corrected chi connectivity index (χ4v) is 5.67. The van der Waals surface area contributed by atoms with E-state index in [1.807, 2.05) is 0 Å². The van der Waals surface area contributed by atoms with Gasteiger partial charge in [0.2, 0.25) is 11.5 Å². The Hall–Kier alpha value is -5.19. The molecule has 2 aliphatic heterocycles. The number of pyridine rings is 1. The molecule has 1 aliphatic carbocycles. The fourth-order valence-electron chi connectivity index (χ4n) is 5.67. The second kappa shape index (κ2) is 10.4. The van der Waals surface area contributed by atoms with Gasteiger partial charge in [-0.2, -0.15) is 18.3 Å². The number of hydrogen-bond donors (Lipinski definition) is 3. The molecule has 12 nitrogen and oxygen atoms in total. The molecule has 4 N–H and O–H groups in total. The van der Waals surface area contributed by atoms with E-state index in [4.69, 9.17) is 15.2 Å². The number of hydrogen-bond acceptors (Lipinski definition) is 9. The lowest BCUT2D eigenvalue weighted by Crippen LogP contribution is -2.51. The molecule has 1 fully saturated rings. The third-order valence-corrected chi connectivity index (χ3v) is 8.68. The van der Waals surface area contributed by atoms with Crippen LogP contribution in [0.1, 0.15) is 47.4 Å². The van der Waals surface area contributed by atoms with Gasteiger partial charge in [0.05, 0.1) is 25.4 Å². The number of nitrogens with zero attached hydrogens (tertiary/aromatic N) is 3. The molecule has 3 aliphatic rings. The number of carbonyl (C=O) groups is 2. The molecule has 0 bridgehead atoms. The second-order valence-corrected chi connectivity index (χ2v) is 12.0. The molecule has 1 unspecified atom stereocenters. The number of halogens is 5. The van der Waals surface area contributed by atoms with E-state index in [9.17, 15) is 36.6 Å². The SMILES string of the molecule is COc1cc(C(=O)NCC(O)(c2cc3c(c(-c4ccc5c(c4)OC(F)(F)O5)n2)OC[C@]3(C)C(N)=O)C(F)(F)F)cc2cn(C3CC3)nc12. The topological polar surface area (TPSA) is 160 Å². The van der Waals surface area contributed by atoms with Crippen LogP contribution in [0.5, 0.6) is 23.0 Å². The minimum Gasteiger partial charge on any atom is -0.494 e. The summed E-state index contributed by atoms with van der Waals surface area (Å²) in [5.41, 5.74) is -1.06. The highest BCUT2D eigenvalue weighted by Gasteiger charge is 2.58. The number of benzene rings is 2. The number of aromatic nitrogens is 3. The van der Waals surface area contributed by atoms with Crippen molar-refractivity contribution in [1.29, 1.82) is 0 Å². The lowest BCUT2D eigenvalue weighted by Gasteiger charge is -2.31. The molecular formula is C31H26F5N5O7. The highest BCUT2D eigenvalue weighted by molar-refractivity contribution is 6.00. The summed E-state index contributed by atoms with van der Waals surface area (Å²) in [5, 5.41) is 18.5. The molecule has 2 amide bonds. The Morgan fingerprint density at radius 2 is 1.88 bits per heavy atom. The molecule has 2 aromatic carbocycles. The van der Waals surface area contributed by atoms with Crippen molar-refractivity contribution in [3.05, 3.63) is 59.4 Å². The molecule has 0 saturated heterocycles. The van der Waals surface area contributed by atoms with Crippen molar-refractivity contribution >= 4 is 22.7 Å². The molecule has 4 heterocycles. The van der Waals surface area contributed by atoms with Gasteiger partial charge in [0.15, 0.2) is 11.5 Å². The minimum atomic E-state index is -5.44. The molecule has 2 aromatic heterocycles. The summed E-state index contributed by atoms with van der Waals surface area (Å²) in [5.74, 6) is -2.65. The molecule has 17 heteroatoms.